The van der Waals surface area contributed by atoms with Crippen LogP contribution in [0.25, 0.3) is 11.3 Å². The zero-order valence-electron chi connectivity index (χ0n) is 9.87. The van der Waals surface area contributed by atoms with E-state index in [1.807, 2.05) is 19.9 Å². The Morgan fingerprint density at radius 1 is 1.35 bits per heavy atom. The molecule has 0 saturated heterocycles. The Kier molecular flexibility index (Phi) is 2.98. The Hall–Kier alpha value is -1.68. The highest BCUT2D eigenvalue weighted by molar-refractivity contribution is 6.32. The van der Waals surface area contributed by atoms with Gasteiger partial charge in [0.2, 0.25) is 5.88 Å². The highest BCUT2D eigenvalue weighted by Crippen LogP contribution is 2.38. The van der Waals surface area contributed by atoms with Crippen LogP contribution in [0, 0.1) is 13.8 Å². The fourth-order valence-corrected chi connectivity index (χ4v) is 1.96. The molecular weight excluding hydrogens is 240 g/mol. The number of benzene rings is 1. The molecular formula is C12H13ClN2O2. The molecule has 1 aromatic carbocycles. The molecule has 1 heterocycles. The lowest BCUT2D eigenvalue weighted by molar-refractivity contribution is 0.413. The smallest absolute Gasteiger partial charge is 0.222 e. The lowest BCUT2D eigenvalue weighted by Crippen LogP contribution is -1.94. The lowest BCUT2D eigenvalue weighted by Gasteiger charge is -2.12. The number of hydrogen-bond acceptors (Lipinski definition) is 4. The number of hydrogen-bond donors (Lipinski definition) is 1. The van der Waals surface area contributed by atoms with Gasteiger partial charge in [0.05, 0.1) is 12.7 Å². The second kappa shape index (κ2) is 4.30. The summed E-state index contributed by atoms with van der Waals surface area (Å²) in [5.74, 6) is 0.968. The third-order valence-electron chi connectivity index (χ3n) is 2.65. The summed E-state index contributed by atoms with van der Waals surface area (Å²) in [5.41, 5.74) is 8.81. The minimum atomic E-state index is 0.262. The first-order valence-corrected chi connectivity index (χ1v) is 5.48. The van der Waals surface area contributed by atoms with E-state index in [0.717, 1.165) is 16.7 Å². The Morgan fingerprint density at radius 2 is 2.06 bits per heavy atom. The molecule has 0 fully saturated rings. The molecule has 0 bridgehead atoms. The average Bonchev–Trinajstić information content (AvgIpc) is 2.71. The third kappa shape index (κ3) is 1.96. The maximum absolute atomic E-state index is 6.22. The van der Waals surface area contributed by atoms with E-state index in [1.165, 1.54) is 0 Å². The first-order valence-electron chi connectivity index (χ1n) is 5.11. The number of aryl methyl sites for hydroxylation is 1. The van der Waals surface area contributed by atoms with Crippen LogP contribution in [0.4, 0.5) is 5.88 Å². The van der Waals surface area contributed by atoms with Crippen LogP contribution in [-0.2, 0) is 0 Å². The fraction of sp³-hybridized carbons (Fsp3) is 0.250. The van der Waals surface area contributed by atoms with Crippen LogP contribution in [0.1, 0.15) is 11.1 Å². The molecule has 0 atom stereocenters. The first kappa shape index (κ1) is 11.8. The zero-order chi connectivity index (χ0) is 12.6. The van der Waals surface area contributed by atoms with Gasteiger partial charge in [0.15, 0.2) is 0 Å². The van der Waals surface area contributed by atoms with E-state index in [1.54, 1.807) is 13.2 Å². The number of halogens is 1. The molecule has 0 aliphatic rings. The quantitative estimate of drug-likeness (QED) is 0.892. The third-order valence-corrected chi connectivity index (χ3v) is 3.23. The van der Waals surface area contributed by atoms with Crippen LogP contribution in [0.2, 0.25) is 5.02 Å². The summed E-state index contributed by atoms with van der Waals surface area (Å²) in [4.78, 5) is 0. The highest BCUT2D eigenvalue weighted by Gasteiger charge is 2.17. The Labute approximate surface area is 104 Å². The summed E-state index contributed by atoms with van der Waals surface area (Å²) < 4.78 is 10.2. The number of nitrogens with zero attached hydrogens (tertiary/aromatic N) is 1. The SMILES string of the molecule is COc1cc(C)c(Cl)c(C)c1-c1cc(N)on1. The van der Waals surface area contributed by atoms with E-state index in [2.05, 4.69) is 5.16 Å². The predicted molar refractivity (Wildman–Crippen MR) is 67.4 cm³/mol. The lowest BCUT2D eigenvalue weighted by atomic mass is 10.0. The molecule has 5 heteroatoms. The van der Waals surface area contributed by atoms with Gasteiger partial charge in [-0.25, -0.2) is 0 Å². The molecule has 0 radical (unpaired) electrons. The van der Waals surface area contributed by atoms with Gasteiger partial charge >= 0.3 is 0 Å². The van der Waals surface area contributed by atoms with Gasteiger partial charge in [-0.15, -0.1) is 0 Å². The number of rotatable bonds is 2. The van der Waals surface area contributed by atoms with E-state index in [0.29, 0.717) is 16.5 Å². The first-order chi connectivity index (χ1) is 8.04. The van der Waals surface area contributed by atoms with E-state index in [9.17, 15) is 0 Å². The molecule has 0 amide bonds. The molecule has 90 valence electrons. The monoisotopic (exact) mass is 252 g/mol. The van der Waals surface area contributed by atoms with E-state index < -0.39 is 0 Å². The Morgan fingerprint density at radius 3 is 2.59 bits per heavy atom. The van der Waals surface area contributed by atoms with Crippen LogP contribution < -0.4 is 10.5 Å². The van der Waals surface area contributed by atoms with Crippen LogP contribution in [-0.4, -0.2) is 12.3 Å². The van der Waals surface area contributed by atoms with E-state index in [4.69, 9.17) is 26.6 Å². The van der Waals surface area contributed by atoms with Gasteiger partial charge in [-0.2, -0.15) is 0 Å². The fourth-order valence-electron chi connectivity index (χ4n) is 1.81. The van der Waals surface area contributed by atoms with Crippen LogP contribution >= 0.6 is 11.6 Å². The molecule has 0 spiro atoms. The number of aromatic nitrogens is 1. The van der Waals surface area contributed by atoms with Crippen molar-refractivity contribution in [2.75, 3.05) is 12.8 Å². The zero-order valence-corrected chi connectivity index (χ0v) is 10.6. The summed E-state index contributed by atoms with van der Waals surface area (Å²) in [5, 5.41) is 4.58. The highest BCUT2D eigenvalue weighted by atomic mass is 35.5. The molecule has 4 nitrogen and oxygen atoms in total. The summed E-state index contributed by atoms with van der Waals surface area (Å²) in [6, 6.07) is 3.52. The average molecular weight is 253 g/mol. The van der Waals surface area contributed by atoms with Crippen molar-refractivity contribution in [1.82, 2.24) is 5.16 Å². The topological polar surface area (TPSA) is 61.3 Å². The molecule has 17 heavy (non-hydrogen) atoms. The van der Waals surface area contributed by atoms with Crippen LogP contribution in [0.5, 0.6) is 5.75 Å². The van der Waals surface area contributed by atoms with Gasteiger partial charge < -0.3 is 15.0 Å². The summed E-state index contributed by atoms with van der Waals surface area (Å²) in [7, 11) is 1.61. The van der Waals surface area contributed by atoms with Gasteiger partial charge in [-0.3, -0.25) is 0 Å². The maximum atomic E-state index is 6.22. The molecule has 2 N–H and O–H groups in total. The number of nitrogen functional groups attached to an aromatic ring is 1. The van der Waals surface area contributed by atoms with Gasteiger partial charge in [0.1, 0.15) is 11.4 Å². The largest absolute Gasteiger partial charge is 0.496 e. The van der Waals surface area contributed by atoms with Crippen molar-refractivity contribution in [2.45, 2.75) is 13.8 Å². The minimum Gasteiger partial charge on any atom is -0.496 e. The normalized spacial score (nSPS) is 10.6. The maximum Gasteiger partial charge on any atom is 0.222 e. The summed E-state index contributed by atoms with van der Waals surface area (Å²) in [6.07, 6.45) is 0. The minimum absolute atomic E-state index is 0.262. The van der Waals surface area contributed by atoms with E-state index in [-0.39, 0.29) is 5.88 Å². The van der Waals surface area contributed by atoms with Crippen molar-refractivity contribution >= 4 is 17.5 Å². The summed E-state index contributed by atoms with van der Waals surface area (Å²) >= 11 is 6.22. The van der Waals surface area contributed by atoms with Crippen LogP contribution in [0.3, 0.4) is 0 Å². The Bertz CT molecular complexity index is 564. The summed E-state index contributed by atoms with van der Waals surface area (Å²) in [6.45, 7) is 3.84. The number of methoxy groups -OCH3 is 1. The molecule has 0 aliphatic carbocycles. The van der Waals surface area contributed by atoms with Crippen molar-refractivity contribution in [1.29, 1.82) is 0 Å². The molecule has 1 aromatic heterocycles. The van der Waals surface area contributed by atoms with Crippen molar-refractivity contribution < 1.29 is 9.26 Å². The number of ether oxygens (including phenoxy) is 1. The standard InChI is InChI=1S/C12H13ClN2O2/c1-6-4-9(16-3)11(7(2)12(6)13)8-5-10(14)17-15-8/h4-5H,14H2,1-3H3. The van der Waals surface area contributed by atoms with Crippen molar-refractivity contribution in [3.05, 3.63) is 28.3 Å². The molecule has 0 aliphatic heterocycles. The van der Waals surface area contributed by atoms with Crippen molar-refractivity contribution in [3.8, 4) is 17.0 Å². The molecule has 2 aromatic rings. The van der Waals surface area contributed by atoms with Gasteiger partial charge in [0.25, 0.3) is 0 Å². The van der Waals surface area contributed by atoms with Gasteiger partial charge in [0, 0.05) is 11.1 Å². The second-order valence-electron chi connectivity index (χ2n) is 3.82. The second-order valence-corrected chi connectivity index (χ2v) is 4.20. The molecule has 0 unspecified atom stereocenters. The van der Waals surface area contributed by atoms with Crippen molar-refractivity contribution in [2.24, 2.45) is 0 Å². The molecule has 0 saturated carbocycles. The predicted octanol–water partition coefficient (Wildman–Crippen LogP) is 3.20. The molecule has 2 rings (SSSR count). The van der Waals surface area contributed by atoms with Crippen molar-refractivity contribution in [3.63, 3.8) is 0 Å². The number of anilines is 1. The number of nitrogens with two attached hydrogens (primary N) is 1. The van der Waals surface area contributed by atoms with Gasteiger partial charge in [-0.1, -0.05) is 16.8 Å². The van der Waals surface area contributed by atoms with Crippen LogP contribution in [0.15, 0.2) is 16.7 Å². The Balaban J connectivity index is 2.71. The van der Waals surface area contributed by atoms with Gasteiger partial charge in [-0.05, 0) is 31.0 Å². The van der Waals surface area contributed by atoms with E-state index >= 15 is 0 Å².